The topological polar surface area (TPSA) is 99.3 Å². The lowest BCUT2D eigenvalue weighted by atomic mass is 10.1. The van der Waals surface area contributed by atoms with Crippen LogP contribution >= 0.6 is 0 Å². The van der Waals surface area contributed by atoms with Gasteiger partial charge in [-0.05, 0) is 56.8 Å². The number of carbonyl (C=O) groups is 1. The van der Waals surface area contributed by atoms with E-state index in [2.05, 4.69) is 37.2 Å². The standard InChI is InChI=1S/C26H29N7O2/c1-4-35-20-5-7-27-22(16-20)21-6-8-28-26(31-21)29-19-13-17(2)24-18(14-19)15-23(30-24)25(34)33-11-9-32(3)10-12-33/h5-8,13-16,30H,4,9-12H2,1-3H3,(H,28,29,31). The van der Waals surface area contributed by atoms with Gasteiger partial charge in [0.05, 0.1) is 18.0 Å². The number of H-pyrrole nitrogens is 1. The highest BCUT2D eigenvalue weighted by Gasteiger charge is 2.22. The number of anilines is 2. The summed E-state index contributed by atoms with van der Waals surface area (Å²) in [6, 6.07) is 11.5. The SMILES string of the molecule is CCOc1ccnc(-c2ccnc(Nc3cc(C)c4[nH]c(C(=O)N5CCN(C)CC5)cc4c3)n2)c1. The quantitative estimate of drug-likeness (QED) is 0.441. The first-order valence-electron chi connectivity index (χ1n) is 11.8. The number of fused-ring (bicyclic) bond motifs is 1. The van der Waals surface area contributed by atoms with Crippen LogP contribution in [-0.2, 0) is 0 Å². The summed E-state index contributed by atoms with van der Waals surface area (Å²) in [6.45, 7) is 7.83. The van der Waals surface area contributed by atoms with E-state index in [4.69, 9.17) is 4.74 Å². The van der Waals surface area contributed by atoms with Gasteiger partial charge in [0.2, 0.25) is 5.95 Å². The van der Waals surface area contributed by atoms with Gasteiger partial charge in [-0.25, -0.2) is 9.97 Å². The van der Waals surface area contributed by atoms with E-state index in [1.54, 1.807) is 12.4 Å². The summed E-state index contributed by atoms with van der Waals surface area (Å²) < 4.78 is 5.58. The molecule has 1 aliphatic heterocycles. The fraction of sp³-hybridized carbons (Fsp3) is 0.308. The van der Waals surface area contributed by atoms with Crippen molar-refractivity contribution in [1.82, 2.24) is 29.7 Å². The number of piperazine rings is 1. The molecule has 1 saturated heterocycles. The number of nitrogens with one attached hydrogen (secondary N) is 2. The highest BCUT2D eigenvalue weighted by atomic mass is 16.5. The Morgan fingerprint density at radius 2 is 1.86 bits per heavy atom. The van der Waals surface area contributed by atoms with Gasteiger partial charge in [-0.1, -0.05) is 0 Å². The molecule has 0 spiro atoms. The normalized spacial score (nSPS) is 14.3. The highest BCUT2D eigenvalue weighted by Crippen LogP contribution is 2.27. The Kier molecular flexibility index (Phi) is 6.33. The van der Waals surface area contributed by atoms with Crippen LogP contribution in [0.25, 0.3) is 22.3 Å². The number of nitrogens with zero attached hydrogens (tertiary/aromatic N) is 5. The van der Waals surface area contributed by atoms with Crippen LogP contribution in [0.5, 0.6) is 5.75 Å². The molecule has 35 heavy (non-hydrogen) atoms. The third-order valence-electron chi connectivity index (χ3n) is 6.16. The molecule has 1 aliphatic rings. The Balaban J connectivity index is 1.38. The van der Waals surface area contributed by atoms with Crippen LogP contribution in [0.3, 0.4) is 0 Å². The molecule has 9 nitrogen and oxygen atoms in total. The van der Waals surface area contributed by atoms with Crippen molar-refractivity contribution in [1.29, 1.82) is 0 Å². The van der Waals surface area contributed by atoms with Crippen LogP contribution in [0, 0.1) is 6.92 Å². The third kappa shape index (κ3) is 4.95. The minimum Gasteiger partial charge on any atom is -0.494 e. The van der Waals surface area contributed by atoms with Crippen molar-refractivity contribution in [3.63, 3.8) is 0 Å². The van der Waals surface area contributed by atoms with Gasteiger partial charge in [-0.2, -0.15) is 0 Å². The van der Waals surface area contributed by atoms with Crippen molar-refractivity contribution in [2.75, 3.05) is 45.2 Å². The second-order valence-electron chi connectivity index (χ2n) is 8.74. The van der Waals surface area contributed by atoms with E-state index in [0.717, 1.165) is 54.1 Å². The zero-order chi connectivity index (χ0) is 24.4. The number of aromatic amines is 1. The number of hydrogen-bond donors (Lipinski definition) is 2. The Labute approximate surface area is 204 Å². The summed E-state index contributed by atoms with van der Waals surface area (Å²) in [5.74, 6) is 1.26. The van der Waals surface area contributed by atoms with Crippen molar-refractivity contribution in [2.24, 2.45) is 0 Å². The van der Waals surface area contributed by atoms with Gasteiger partial charge in [-0.15, -0.1) is 0 Å². The Hall–Kier alpha value is -3.98. The average Bonchev–Trinajstić information content (AvgIpc) is 3.30. The van der Waals surface area contributed by atoms with Crippen molar-refractivity contribution in [3.8, 4) is 17.1 Å². The summed E-state index contributed by atoms with van der Waals surface area (Å²) in [6.07, 6.45) is 3.41. The first-order valence-corrected chi connectivity index (χ1v) is 11.8. The molecule has 2 N–H and O–H groups in total. The average molecular weight is 472 g/mol. The number of likely N-dealkylation sites (N-methyl/N-ethyl adjacent to an activating group) is 1. The summed E-state index contributed by atoms with van der Waals surface area (Å²) in [5.41, 5.74) is 4.86. The monoisotopic (exact) mass is 471 g/mol. The molecule has 9 heteroatoms. The number of aromatic nitrogens is 4. The Morgan fingerprint density at radius 3 is 2.66 bits per heavy atom. The maximum atomic E-state index is 13.0. The molecule has 5 rings (SSSR count). The van der Waals surface area contributed by atoms with Crippen molar-refractivity contribution < 1.29 is 9.53 Å². The van der Waals surface area contributed by atoms with E-state index in [1.807, 2.05) is 55.1 Å². The van der Waals surface area contributed by atoms with E-state index < -0.39 is 0 Å². The van der Waals surface area contributed by atoms with Crippen molar-refractivity contribution in [2.45, 2.75) is 13.8 Å². The number of aryl methyl sites for hydroxylation is 1. The predicted molar refractivity (Wildman–Crippen MR) is 136 cm³/mol. The zero-order valence-electron chi connectivity index (χ0n) is 20.2. The molecule has 0 atom stereocenters. The highest BCUT2D eigenvalue weighted by molar-refractivity contribution is 5.99. The van der Waals surface area contributed by atoms with Crippen molar-refractivity contribution in [3.05, 3.63) is 60.0 Å². The fourth-order valence-electron chi connectivity index (χ4n) is 4.29. The zero-order valence-corrected chi connectivity index (χ0v) is 20.2. The number of amides is 1. The lowest BCUT2D eigenvalue weighted by Crippen LogP contribution is -2.47. The van der Waals surface area contributed by atoms with Crippen LogP contribution in [0.15, 0.2) is 48.8 Å². The largest absolute Gasteiger partial charge is 0.494 e. The third-order valence-corrected chi connectivity index (χ3v) is 6.16. The van der Waals surface area contributed by atoms with Crippen LogP contribution in [0.2, 0.25) is 0 Å². The predicted octanol–water partition coefficient (Wildman–Crippen LogP) is 3.86. The number of rotatable bonds is 6. The smallest absolute Gasteiger partial charge is 0.270 e. The van der Waals surface area contributed by atoms with Gasteiger partial charge in [0.15, 0.2) is 0 Å². The van der Waals surface area contributed by atoms with Gasteiger partial charge in [0.1, 0.15) is 11.4 Å². The Morgan fingerprint density at radius 1 is 1.06 bits per heavy atom. The van der Waals surface area contributed by atoms with Crippen molar-refractivity contribution >= 4 is 28.4 Å². The first kappa shape index (κ1) is 22.8. The summed E-state index contributed by atoms with van der Waals surface area (Å²) in [5, 5.41) is 4.26. The number of benzene rings is 1. The minimum atomic E-state index is 0.0426. The fourth-order valence-corrected chi connectivity index (χ4v) is 4.29. The summed E-state index contributed by atoms with van der Waals surface area (Å²) in [7, 11) is 2.08. The molecule has 1 aromatic carbocycles. The van der Waals surface area contributed by atoms with Crippen LogP contribution < -0.4 is 10.1 Å². The van der Waals surface area contributed by atoms with Gasteiger partial charge in [-0.3, -0.25) is 9.78 Å². The van der Waals surface area contributed by atoms with E-state index >= 15 is 0 Å². The molecular weight excluding hydrogens is 442 g/mol. The molecule has 180 valence electrons. The van der Waals surface area contributed by atoms with Crippen LogP contribution in [-0.4, -0.2) is 75.5 Å². The molecule has 0 saturated carbocycles. The number of ether oxygens (including phenoxy) is 1. The van der Waals surface area contributed by atoms with E-state index in [1.165, 1.54) is 0 Å². The minimum absolute atomic E-state index is 0.0426. The van der Waals surface area contributed by atoms with E-state index in [0.29, 0.717) is 29.6 Å². The molecule has 1 fully saturated rings. The lowest BCUT2D eigenvalue weighted by Gasteiger charge is -2.32. The van der Waals surface area contributed by atoms with E-state index in [9.17, 15) is 4.79 Å². The molecule has 1 amide bonds. The van der Waals surface area contributed by atoms with E-state index in [-0.39, 0.29) is 5.91 Å². The van der Waals surface area contributed by atoms with Gasteiger partial charge in [0.25, 0.3) is 5.91 Å². The first-order chi connectivity index (χ1) is 17.0. The maximum absolute atomic E-state index is 13.0. The molecular formula is C26H29N7O2. The van der Waals surface area contributed by atoms with Gasteiger partial charge < -0.3 is 24.8 Å². The van der Waals surface area contributed by atoms with Gasteiger partial charge >= 0.3 is 0 Å². The molecule has 0 aliphatic carbocycles. The van der Waals surface area contributed by atoms with Gasteiger partial charge in [0, 0.05) is 61.2 Å². The number of carbonyl (C=O) groups excluding carboxylic acids is 1. The molecule has 0 bridgehead atoms. The number of hydrogen-bond acceptors (Lipinski definition) is 7. The molecule has 3 aromatic heterocycles. The second-order valence-corrected chi connectivity index (χ2v) is 8.74. The maximum Gasteiger partial charge on any atom is 0.270 e. The molecule has 0 radical (unpaired) electrons. The summed E-state index contributed by atoms with van der Waals surface area (Å²) >= 11 is 0. The van der Waals surface area contributed by atoms with Crippen LogP contribution in [0.4, 0.5) is 11.6 Å². The molecule has 0 unspecified atom stereocenters. The van der Waals surface area contributed by atoms with Crippen LogP contribution in [0.1, 0.15) is 23.0 Å². The second kappa shape index (κ2) is 9.71. The lowest BCUT2D eigenvalue weighted by molar-refractivity contribution is 0.0659. The summed E-state index contributed by atoms with van der Waals surface area (Å²) in [4.78, 5) is 33.9. The molecule has 4 heterocycles. The molecule has 4 aromatic rings. The Bertz CT molecular complexity index is 1360. The number of pyridine rings is 1.